The molecule has 2 aromatic rings. The predicted octanol–water partition coefficient (Wildman–Crippen LogP) is 2.78. The number of aromatic nitrogens is 2. The van der Waals surface area contributed by atoms with Gasteiger partial charge in [-0.15, -0.1) is 0 Å². The second-order valence-corrected chi connectivity index (χ2v) is 5.64. The summed E-state index contributed by atoms with van der Waals surface area (Å²) in [6, 6.07) is 5.90. The van der Waals surface area contributed by atoms with Gasteiger partial charge in [-0.05, 0) is 30.5 Å². The molecule has 5 heteroatoms. The Balaban J connectivity index is 2.07. The zero-order chi connectivity index (χ0) is 14.0. The van der Waals surface area contributed by atoms with Crippen LogP contribution in [-0.4, -0.2) is 27.6 Å². The number of nitrogens with one attached hydrogen (secondary N) is 2. The molecule has 1 aromatic carbocycles. The van der Waals surface area contributed by atoms with E-state index in [-0.39, 0.29) is 11.8 Å². The molecule has 1 aromatic heterocycles. The molecule has 0 radical (unpaired) electrons. The van der Waals surface area contributed by atoms with Crippen molar-refractivity contribution in [2.75, 3.05) is 11.9 Å². The summed E-state index contributed by atoms with van der Waals surface area (Å²) in [6.45, 7) is 6.40. The predicted molar refractivity (Wildman–Crippen MR) is 75.4 cm³/mol. The van der Waals surface area contributed by atoms with E-state index in [4.69, 9.17) is 5.11 Å². The van der Waals surface area contributed by atoms with Gasteiger partial charge in [0.25, 0.3) is 0 Å². The minimum atomic E-state index is -0.772. The van der Waals surface area contributed by atoms with E-state index in [0.29, 0.717) is 6.54 Å². The van der Waals surface area contributed by atoms with E-state index in [1.54, 1.807) is 0 Å². The summed E-state index contributed by atoms with van der Waals surface area (Å²) < 4.78 is 0. The van der Waals surface area contributed by atoms with E-state index in [1.807, 2.05) is 39.0 Å². The summed E-state index contributed by atoms with van der Waals surface area (Å²) >= 11 is 0. The van der Waals surface area contributed by atoms with Crippen molar-refractivity contribution in [3.05, 3.63) is 24.0 Å². The number of aryl methyl sites for hydroxylation is 1. The van der Waals surface area contributed by atoms with Crippen LogP contribution in [0.5, 0.6) is 0 Å². The van der Waals surface area contributed by atoms with Crippen molar-refractivity contribution >= 4 is 22.7 Å². The average molecular weight is 261 g/mol. The molecule has 102 valence electrons. The third kappa shape index (κ3) is 3.47. The highest BCUT2D eigenvalue weighted by atomic mass is 16.4. The van der Waals surface area contributed by atoms with Gasteiger partial charge >= 0.3 is 5.97 Å². The largest absolute Gasteiger partial charge is 0.481 e. The maximum absolute atomic E-state index is 10.8. The van der Waals surface area contributed by atoms with E-state index < -0.39 is 5.97 Å². The topological polar surface area (TPSA) is 78.0 Å². The number of carbonyl (C=O) groups is 1. The van der Waals surface area contributed by atoms with Crippen molar-refractivity contribution in [3.8, 4) is 0 Å². The van der Waals surface area contributed by atoms with E-state index in [0.717, 1.165) is 22.5 Å². The smallest absolute Gasteiger partial charge is 0.303 e. The Bertz CT molecular complexity index is 602. The quantitative estimate of drug-likeness (QED) is 0.773. The van der Waals surface area contributed by atoms with Gasteiger partial charge in [-0.25, -0.2) is 4.98 Å². The first kappa shape index (κ1) is 13.4. The normalized spacial score (nSPS) is 11.7. The number of H-pyrrole nitrogens is 1. The number of hydrogen-bond donors (Lipinski definition) is 3. The Hall–Kier alpha value is -2.04. The molecule has 0 saturated heterocycles. The van der Waals surface area contributed by atoms with E-state index in [2.05, 4.69) is 15.3 Å². The van der Waals surface area contributed by atoms with Gasteiger partial charge in [0.1, 0.15) is 5.82 Å². The summed E-state index contributed by atoms with van der Waals surface area (Å²) in [5.74, 6) is 0.116. The molecule has 0 spiro atoms. The Morgan fingerprint density at radius 1 is 1.47 bits per heavy atom. The van der Waals surface area contributed by atoms with Gasteiger partial charge in [0, 0.05) is 12.2 Å². The molecular weight excluding hydrogens is 242 g/mol. The van der Waals surface area contributed by atoms with Crippen LogP contribution in [0.1, 0.15) is 26.1 Å². The lowest BCUT2D eigenvalue weighted by atomic mass is 9.89. The van der Waals surface area contributed by atoms with Crippen LogP contribution in [0, 0.1) is 12.3 Å². The molecule has 2 rings (SSSR count). The van der Waals surface area contributed by atoms with Crippen molar-refractivity contribution in [3.63, 3.8) is 0 Å². The van der Waals surface area contributed by atoms with E-state index >= 15 is 0 Å². The van der Waals surface area contributed by atoms with E-state index in [1.165, 1.54) is 0 Å². The van der Waals surface area contributed by atoms with Crippen molar-refractivity contribution < 1.29 is 9.90 Å². The number of imidazole rings is 1. The van der Waals surface area contributed by atoms with Crippen LogP contribution in [0.2, 0.25) is 0 Å². The van der Waals surface area contributed by atoms with E-state index in [9.17, 15) is 4.79 Å². The molecule has 0 unspecified atom stereocenters. The fraction of sp³-hybridized carbons (Fsp3) is 0.429. The number of carboxylic acid groups (broad SMARTS) is 1. The van der Waals surface area contributed by atoms with Gasteiger partial charge < -0.3 is 15.4 Å². The van der Waals surface area contributed by atoms with Crippen LogP contribution in [-0.2, 0) is 4.79 Å². The number of aliphatic carboxylic acids is 1. The molecule has 0 aliphatic heterocycles. The molecule has 5 nitrogen and oxygen atoms in total. The number of benzene rings is 1. The molecule has 0 bridgehead atoms. The number of nitrogens with zero attached hydrogens (tertiary/aromatic N) is 1. The summed E-state index contributed by atoms with van der Waals surface area (Å²) in [6.07, 6.45) is 0.144. The summed E-state index contributed by atoms with van der Waals surface area (Å²) in [5, 5.41) is 12.1. The van der Waals surface area contributed by atoms with Crippen molar-refractivity contribution in [1.29, 1.82) is 0 Å². The fourth-order valence-corrected chi connectivity index (χ4v) is 2.06. The van der Waals surface area contributed by atoms with Gasteiger partial charge in [-0.2, -0.15) is 0 Å². The Labute approximate surface area is 112 Å². The Morgan fingerprint density at radius 2 is 2.21 bits per heavy atom. The van der Waals surface area contributed by atoms with Gasteiger partial charge in [0.2, 0.25) is 0 Å². The lowest BCUT2D eigenvalue weighted by molar-refractivity contribution is -0.139. The number of rotatable bonds is 5. The minimum Gasteiger partial charge on any atom is -0.481 e. The Morgan fingerprint density at radius 3 is 2.89 bits per heavy atom. The lowest BCUT2D eigenvalue weighted by Gasteiger charge is -2.23. The molecule has 19 heavy (non-hydrogen) atoms. The van der Waals surface area contributed by atoms with Gasteiger partial charge in [-0.3, -0.25) is 4.79 Å². The second kappa shape index (κ2) is 4.91. The second-order valence-electron chi connectivity index (χ2n) is 5.64. The molecule has 0 aliphatic rings. The molecule has 0 atom stereocenters. The molecule has 0 fully saturated rings. The van der Waals surface area contributed by atoms with Crippen LogP contribution < -0.4 is 5.32 Å². The highest BCUT2D eigenvalue weighted by Crippen LogP contribution is 2.23. The maximum Gasteiger partial charge on any atom is 0.303 e. The zero-order valence-corrected chi connectivity index (χ0v) is 11.4. The van der Waals surface area contributed by atoms with Crippen LogP contribution in [0.4, 0.5) is 5.69 Å². The average Bonchev–Trinajstić information content (AvgIpc) is 2.64. The number of anilines is 1. The van der Waals surface area contributed by atoms with Gasteiger partial charge in [-0.1, -0.05) is 13.8 Å². The molecule has 3 N–H and O–H groups in total. The molecule has 1 heterocycles. The number of carboxylic acids is 1. The standard InChI is InChI=1S/C14H19N3O2/c1-9-16-11-5-4-10(6-12(11)17-9)15-8-14(2,3)7-13(18)19/h4-6,15H,7-8H2,1-3H3,(H,16,17)(H,18,19). The van der Waals surface area contributed by atoms with Crippen LogP contribution in [0.3, 0.4) is 0 Å². The molecule has 0 aliphatic carbocycles. The van der Waals surface area contributed by atoms with Gasteiger partial charge in [0.05, 0.1) is 17.5 Å². The van der Waals surface area contributed by atoms with Crippen molar-refractivity contribution in [2.24, 2.45) is 5.41 Å². The minimum absolute atomic E-state index is 0.144. The number of hydrogen-bond acceptors (Lipinski definition) is 3. The van der Waals surface area contributed by atoms with Crippen LogP contribution in [0.15, 0.2) is 18.2 Å². The third-order valence-corrected chi connectivity index (χ3v) is 3.00. The van der Waals surface area contributed by atoms with Crippen LogP contribution in [0.25, 0.3) is 11.0 Å². The highest BCUT2D eigenvalue weighted by molar-refractivity contribution is 5.79. The molecule has 0 saturated carbocycles. The molecule has 0 amide bonds. The van der Waals surface area contributed by atoms with Crippen molar-refractivity contribution in [1.82, 2.24) is 9.97 Å². The molecular formula is C14H19N3O2. The summed E-state index contributed by atoms with van der Waals surface area (Å²) in [4.78, 5) is 18.3. The Kier molecular flexibility index (Phi) is 3.46. The fourth-order valence-electron chi connectivity index (χ4n) is 2.06. The number of fused-ring (bicyclic) bond motifs is 1. The highest BCUT2D eigenvalue weighted by Gasteiger charge is 2.21. The number of aromatic amines is 1. The monoisotopic (exact) mass is 261 g/mol. The van der Waals surface area contributed by atoms with Crippen molar-refractivity contribution in [2.45, 2.75) is 27.2 Å². The first-order valence-electron chi connectivity index (χ1n) is 6.28. The summed E-state index contributed by atoms with van der Waals surface area (Å²) in [7, 11) is 0. The lowest BCUT2D eigenvalue weighted by Crippen LogP contribution is -2.26. The first-order valence-corrected chi connectivity index (χ1v) is 6.28. The third-order valence-electron chi connectivity index (χ3n) is 3.00. The SMILES string of the molecule is Cc1nc2ccc(NCC(C)(C)CC(=O)O)cc2[nH]1. The maximum atomic E-state index is 10.8. The van der Waals surface area contributed by atoms with Crippen LogP contribution >= 0.6 is 0 Å². The first-order chi connectivity index (χ1) is 8.85. The van der Waals surface area contributed by atoms with Gasteiger partial charge in [0.15, 0.2) is 0 Å². The summed E-state index contributed by atoms with van der Waals surface area (Å²) in [5.41, 5.74) is 2.60. The zero-order valence-electron chi connectivity index (χ0n) is 11.4.